The highest BCUT2D eigenvalue weighted by Crippen LogP contribution is 2.27. The lowest BCUT2D eigenvalue weighted by atomic mass is 10.2. The lowest BCUT2D eigenvalue weighted by molar-refractivity contribution is 0.0951. The number of hydrogen-bond acceptors (Lipinski definition) is 5. The number of carbonyl (C=O) groups is 1. The number of pyridine rings is 1. The third-order valence-corrected chi connectivity index (χ3v) is 4.34. The molecule has 25 heavy (non-hydrogen) atoms. The zero-order valence-corrected chi connectivity index (χ0v) is 14.6. The van der Waals surface area contributed by atoms with Gasteiger partial charge in [-0.2, -0.15) is 0 Å². The molecule has 3 rings (SSSR count). The first-order valence-corrected chi connectivity index (χ1v) is 8.42. The second-order valence-corrected chi connectivity index (χ2v) is 5.94. The first-order chi connectivity index (χ1) is 12.2. The highest BCUT2D eigenvalue weighted by atomic mass is 16.5. The standard InChI is InChI=1S/C19H23N3O3/c1-24-16-8-7-14(12-17(16)25-2)13-21-19(23)15-6-5-9-20-18(15)22-10-3-4-11-22/h5-9,12H,3-4,10-11,13H2,1-2H3,(H,21,23). The Morgan fingerprint density at radius 1 is 1.16 bits per heavy atom. The summed E-state index contributed by atoms with van der Waals surface area (Å²) < 4.78 is 10.5. The van der Waals surface area contributed by atoms with Crippen molar-refractivity contribution >= 4 is 11.7 Å². The normalized spacial score (nSPS) is 13.6. The Balaban J connectivity index is 1.71. The molecule has 6 nitrogen and oxygen atoms in total. The van der Waals surface area contributed by atoms with E-state index in [1.54, 1.807) is 26.5 Å². The number of amides is 1. The molecule has 1 amide bonds. The van der Waals surface area contributed by atoms with Gasteiger partial charge in [-0.3, -0.25) is 4.79 Å². The molecule has 132 valence electrons. The minimum atomic E-state index is -0.121. The molecule has 1 fully saturated rings. The van der Waals surface area contributed by atoms with E-state index in [1.165, 1.54) is 0 Å². The Bertz CT molecular complexity index is 742. The van der Waals surface area contributed by atoms with Crippen LogP contribution in [0, 0.1) is 0 Å². The SMILES string of the molecule is COc1ccc(CNC(=O)c2cccnc2N2CCCC2)cc1OC. The molecule has 0 saturated carbocycles. The summed E-state index contributed by atoms with van der Waals surface area (Å²) in [5.74, 6) is 1.96. The molecule has 1 saturated heterocycles. The largest absolute Gasteiger partial charge is 0.493 e. The van der Waals surface area contributed by atoms with Crippen molar-refractivity contribution in [2.24, 2.45) is 0 Å². The van der Waals surface area contributed by atoms with Crippen LogP contribution in [-0.2, 0) is 6.54 Å². The summed E-state index contributed by atoms with van der Waals surface area (Å²) in [6.07, 6.45) is 4.02. The molecular formula is C19H23N3O3. The summed E-state index contributed by atoms with van der Waals surface area (Å²) in [6.45, 7) is 2.31. The van der Waals surface area contributed by atoms with Crippen LogP contribution >= 0.6 is 0 Å². The monoisotopic (exact) mass is 341 g/mol. The van der Waals surface area contributed by atoms with Gasteiger partial charge in [0.2, 0.25) is 0 Å². The molecule has 0 atom stereocenters. The second kappa shape index (κ2) is 7.88. The van der Waals surface area contributed by atoms with Crippen molar-refractivity contribution in [3.63, 3.8) is 0 Å². The third kappa shape index (κ3) is 3.84. The number of benzene rings is 1. The Morgan fingerprint density at radius 2 is 1.92 bits per heavy atom. The Morgan fingerprint density at radius 3 is 2.64 bits per heavy atom. The van der Waals surface area contributed by atoms with E-state index in [-0.39, 0.29) is 5.91 Å². The average molecular weight is 341 g/mol. The zero-order valence-electron chi connectivity index (χ0n) is 14.6. The lowest BCUT2D eigenvalue weighted by Gasteiger charge is -2.19. The molecule has 1 aromatic carbocycles. The second-order valence-electron chi connectivity index (χ2n) is 5.94. The van der Waals surface area contributed by atoms with Gasteiger partial charge in [-0.15, -0.1) is 0 Å². The number of nitrogens with one attached hydrogen (secondary N) is 1. The van der Waals surface area contributed by atoms with Crippen molar-refractivity contribution < 1.29 is 14.3 Å². The maximum atomic E-state index is 12.6. The number of ether oxygens (including phenoxy) is 2. The highest BCUT2D eigenvalue weighted by Gasteiger charge is 2.20. The molecule has 0 aliphatic carbocycles. The van der Waals surface area contributed by atoms with Crippen molar-refractivity contribution in [3.05, 3.63) is 47.7 Å². The molecule has 0 unspecified atom stereocenters. The average Bonchev–Trinajstić information content (AvgIpc) is 3.20. The van der Waals surface area contributed by atoms with Crippen molar-refractivity contribution in [1.29, 1.82) is 0 Å². The van der Waals surface area contributed by atoms with Crippen molar-refractivity contribution in [3.8, 4) is 11.5 Å². The lowest BCUT2D eigenvalue weighted by Crippen LogP contribution is -2.28. The fraction of sp³-hybridized carbons (Fsp3) is 0.368. The van der Waals surface area contributed by atoms with Crippen LogP contribution in [0.5, 0.6) is 11.5 Å². The Labute approximate surface area is 147 Å². The molecule has 1 aromatic heterocycles. The van der Waals surface area contributed by atoms with Crippen LogP contribution in [0.15, 0.2) is 36.5 Å². The molecular weight excluding hydrogens is 318 g/mol. The fourth-order valence-corrected chi connectivity index (χ4v) is 3.02. The van der Waals surface area contributed by atoms with Crippen LogP contribution in [0.3, 0.4) is 0 Å². The van der Waals surface area contributed by atoms with Gasteiger partial charge >= 0.3 is 0 Å². The Hall–Kier alpha value is -2.76. The van der Waals surface area contributed by atoms with Gasteiger partial charge in [0.05, 0.1) is 19.8 Å². The maximum Gasteiger partial charge on any atom is 0.255 e. The number of nitrogens with zero attached hydrogens (tertiary/aromatic N) is 2. The van der Waals surface area contributed by atoms with Gasteiger partial charge in [0.25, 0.3) is 5.91 Å². The summed E-state index contributed by atoms with van der Waals surface area (Å²) in [6, 6.07) is 9.23. The number of anilines is 1. The highest BCUT2D eigenvalue weighted by molar-refractivity contribution is 5.98. The van der Waals surface area contributed by atoms with E-state index in [1.807, 2.05) is 24.3 Å². The van der Waals surface area contributed by atoms with E-state index >= 15 is 0 Å². The van der Waals surface area contributed by atoms with Gasteiger partial charge in [0, 0.05) is 25.8 Å². The van der Waals surface area contributed by atoms with Crippen molar-refractivity contribution in [2.75, 3.05) is 32.2 Å². The van der Waals surface area contributed by atoms with Crippen LogP contribution in [0.25, 0.3) is 0 Å². The summed E-state index contributed by atoms with van der Waals surface area (Å²) in [7, 11) is 3.19. The van der Waals surface area contributed by atoms with Gasteiger partial charge < -0.3 is 19.7 Å². The molecule has 1 aliphatic rings. The smallest absolute Gasteiger partial charge is 0.255 e. The van der Waals surface area contributed by atoms with Gasteiger partial charge in [-0.25, -0.2) is 4.98 Å². The molecule has 1 N–H and O–H groups in total. The third-order valence-electron chi connectivity index (χ3n) is 4.34. The van der Waals surface area contributed by atoms with Crippen LogP contribution < -0.4 is 19.7 Å². The number of aromatic nitrogens is 1. The van der Waals surface area contributed by atoms with E-state index in [9.17, 15) is 4.79 Å². The van der Waals surface area contributed by atoms with Gasteiger partial charge in [-0.05, 0) is 42.7 Å². The van der Waals surface area contributed by atoms with E-state index in [0.29, 0.717) is 23.6 Å². The molecule has 0 bridgehead atoms. The predicted octanol–water partition coefficient (Wildman–Crippen LogP) is 2.63. The fourth-order valence-electron chi connectivity index (χ4n) is 3.02. The molecule has 1 aliphatic heterocycles. The minimum Gasteiger partial charge on any atom is -0.493 e. The van der Waals surface area contributed by atoms with E-state index in [4.69, 9.17) is 9.47 Å². The van der Waals surface area contributed by atoms with Crippen LogP contribution in [-0.4, -0.2) is 38.2 Å². The van der Waals surface area contributed by atoms with Gasteiger partial charge in [0.15, 0.2) is 11.5 Å². The van der Waals surface area contributed by atoms with E-state index in [0.717, 1.165) is 37.3 Å². The summed E-state index contributed by atoms with van der Waals surface area (Å²) in [4.78, 5) is 19.2. The van der Waals surface area contributed by atoms with Crippen LogP contribution in [0.2, 0.25) is 0 Å². The topological polar surface area (TPSA) is 63.7 Å². The summed E-state index contributed by atoms with van der Waals surface area (Å²) in [5.41, 5.74) is 1.56. The van der Waals surface area contributed by atoms with Crippen LogP contribution in [0.4, 0.5) is 5.82 Å². The van der Waals surface area contributed by atoms with Gasteiger partial charge in [0.1, 0.15) is 5.82 Å². The van der Waals surface area contributed by atoms with E-state index in [2.05, 4.69) is 15.2 Å². The minimum absolute atomic E-state index is 0.121. The van der Waals surface area contributed by atoms with Crippen molar-refractivity contribution in [2.45, 2.75) is 19.4 Å². The molecule has 0 radical (unpaired) electrons. The predicted molar refractivity (Wildman–Crippen MR) is 96.4 cm³/mol. The molecule has 0 spiro atoms. The number of methoxy groups -OCH3 is 2. The molecule has 6 heteroatoms. The molecule has 2 heterocycles. The number of carbonyl (C=O) groups excluding carboxylic acids is 1. The number of rotatable bonds is 6. The zero-order chi connectivity index (χ0) is 17.6. The molecule has 2 aromatic rings. The number of hydrogen-bond donors (Lipinski definition) is 1. The van der Waals surface area contributed by atoms with Gasteiger partial charge in [-0.1, -0.05) is 6.07 Å². The Kier molecular flexibility index (Phi) is 5.38. The maximum absolute atomic E-state index is 12.6. The van der Waals surface area contributed by atoms with Crippen molar-refractivity contribution in [1.82, 2.24) is 10.3 Å². The first kappa shape index (κ1) is 17.1. The quantitative estimate of drug-likeness (QED) is 0.875. The van der Waals surface area contributed by atoms with Crippen LogP contribution in [0.1, 0.15) is 28.8 Å². The van der Waals surface area contributed by atoms with E-state index < -0.39 is 0 Å². The summed E-state index contributed by atoms with van der Waals surface area (Å²) >= 11 is 0. The first-order valence-electron chi connectivity index (χ1n) is 8.42. The summed E-state index contributed by atoms with van der Waals surface area (Å²) in [5, 5.41) is 2.97.